The fourth-order valence-electron chi connectivity index (χ4n) is 2.94. The summed E-state index contributed by atoms with van der Waals surface area (Å²) in [6, 6.07) is 0. The van der Waals surface area contributed by atoms with Crippen LogP contribution in [0.15, 0.2) is 17.4 Å². The lowest BCUT2D eigenvalue weighted by Crippen LogP contribution is -2.47. The molecule has 1 N–H and O–H groups in total. The molecule has 0 atom stereocenters. The van der Waals surface area contributed by atoms with Crippen LogP contribution >= 0.6 is 24.0 Å². The van der Waals surface area contributed by atoms with Crippen LogP contribution in [0.4, 0.5) is 0 Å². The van der Waals surface area contributed by atoms with Gasteiger partial charge in [-0.1, -0.05) is 0 Å². The van der Waals surface area contributed by atoms with Gasteiger partial charge in [-0.05, 0) is 31.2 Å². The number of aliphatic imine (C=N–C) groups is 1. The van der Waals surface area contributed by atoms with Gasteiger partial charge in [0, 0.05) is 60.3 Å². The Labute approximate surface area is 168 Å². The van der Waals surface area contributed by atoms with Gasteiger partial charge < -0.3 is 19.7 Å². The molecule has 1 aliphatic rings. The summed E-state index contributed by atoms with van der Waals surface area (Å²) in [5, 5.41) is 7.65. The van der Waals surface area contributed by atoms with Crippen LogP contribution in [-0.4, -0.2) is 73.7 Å². The van der Waals surface area contributed by atoms with E-state index < -0.39 is 0 Å². The maximum atomic E-state index is 5.91. The lowest BCUT2D eigenvalue weighted by molar-refractivity contribution is 0.00992. The molecule has 1 aliphatic heterocycles. The fourth-order valence-corrected chi connectivity index (χ4v) is 2.94. The lowest BCUT2D eigenvalue weighted by atomic mass is 10.1. The van der Waals surface area contributed by atoms with Gasteiger partial charge in [0.15, 0.2) is 5.96 Å². The zero-order chi connectivity index (χ0) is 17.2. The summed E-state index contributed by atoms with van der Waals surface area (Å²) >= 11 is 0. The maximum Gasteiger partial charge on any atom is 0.193 e. The predicted molar refractivity (Wildman–Crippen MR) is 111 cm³/mol. The van der Waals surface area contributed by atoms with Crippen LogP contribution in [0.2, 0.25) is 0 Å². The fraction of sp³-hybridized carbons (Fsp3) is 0.765. The number of aryl methyl sites for hydroxylation is 1. The van der Waals surface area contributed by atoms with Crippen molar-refractivity contribution in [2.24, 2.45) is 12.0 Å². The highest BCUT2D eigenvalue weighted by molar-refractivity contribution is 14.0. The molecule has 25 heavy (non-hydrogen) atoms. The minimum Gasteiger partial charge on any atom is -0.385 e. The van der Waals surface area contributed by atoms with Crippen LogP contribution in [-0.2, 0) is 22.9 Å². The zero-order valence-corrected chi connectivity index (χ0v) is 17.9. The van der Waals surface area contributed by atoms with E-state index in [-0.39, 0.29) is 24.0 Å². The Morgan fingerprint density at radius 1 is 1.36 bits per heavy atom. The summed E-state index contributed by atoms with van der Waals surface area (Å²) in [4.78, 5) is 6.73. The topological polar surface area (TPSA) is 63.9 Å². The Balaban J connectivity index is 0.00000312. The van der Waals surface area contributed by atoms with Crippen molar-refractivity contribution in [1.82, 2.24) is 20.0 Å². The van der Waals surface area contributed by atoms with Crippen molar-refractivity contribution in [2.75, 3.05) is 47.0 Å². The van der Waals surface area contributed by atoms with Gasteiger partial charge in [-0.2, -0.15) is 5.10 Å². The lowest BCUT2D eigenvalue weighted by Gasteiger charge is -2.34. The van der Waals surface area contributed by atoms with E-state index >= 15 is 0 Å². The highest BCUT2D eigenvalue weighted by atomic mass is 127. The van der Waals surface area contributed by atoms with E-state index in [0.717, 1.165) is 64.5 Å². The molecule has 0 aliphatic carbocycles. The van der Waals surface area contributed by atoms with E-state index in [9.17, 15) is 0 Å². The van der Waals surface area contributed by atoms with Crippen molar-refractivity contribution in [3.63, 3.8) is 0 Å². The molecule has 0 saturated carbocycles. The molecule has 0 amide bonds. The van der Waals surface area contributed by atoms with Crippen molar-refractivity contribution in [2.45, 2.75) is 31.8 Å². The van der Waals surface area contributed by atoms with Crippen LogP contribution < -0.4 is 5.32 Å². The number of nitrogens with zero attached hydrogens (tertiary/aromatic N) is 4. The molecular weight excluding hydrogens is 433 g/mol. The Morgan fingerprint density at radius 3 is 2.72 bits per heavy atom. The molecule has 0 spiro atoms. The van der Waals surface area contributed by atoms with E-state index in [4.69, 9.17) is 9.47 Å². The molecule has 1 aromatic heterocycles. The van der Waals surface area contributed by atoms with Gasteiger partial charge in [0.1, 0.15) is 0 Å². The van der Waals surface area contributed by atoms with E-state index in [1.54, 1.807) is 7.11 Å². The van der Waals surface area contributed by atoms with E-state index in [0.29, 0.717) is 6.10 Å². The summed E-state index contributed by atoms with van der Waals surface area (Å²) in [5.41, 5.74) is 1.24. The Bertz CT molecular complexity index is 501. The van der Waals surface area contributed by atoms with Crippen molar-refractivity contribution >= 4 is 29.9 Å². The second-order valence-corrected chi connectivity index (χ2v) is 6.15. The summed E-state index contributed by atoms with van der Waals surface area (Å²) in [6.07, 6.45) is 8.35. The molecule has 1 fully saturated rings. The smallest absolute Gasteiger partial charge is 0.193 e. The summed E-state index contributed by atoms with van der Waals surface area (Å²) < 4.78 is 12.8. The number of ether oxygens (including phenoxy) is 2. The molecule has 1 saturated heterocycles. The third-order valence-corrected chi connectivity index (χ3v) is 4.25. The van der Waals surface area contributed by atoms with E-state index in [1.165, 1.54) is 5.56 Å². The van der Waals surface area contributed by atoms with Crippen molar-refractivity contribution in [3.05, 3.63) is 18.0 Å². The number of nitrogens with one attached hydrogen (secondary N) is 1. The maximum absolute atomic E-state index is 5.91. The third-order valence-electron chi connectivity index (χ3n) is 4.25. The quantitative estimate of drug-likeness (QED) is 0.274. The summed E-state index contributed by atoms with van der Waals surface area (Å²) in [6.45, 7) is 4.40. The molecule has 0 radical (unpaired) electrons. The third kappa shape index (κ3) is 7.91. The Morgan fingerprint density at radius 2 is 2.12 bits per heavy atom. The molecule has 7 nitrogen and oxygen atoms in total. The SMILES string of the molecule is CN=C(NCCc1cnn(C)c1)N1CCC(OCCCOC)CC1.I. The average molecular weight is 465 g/mol. The predicted octanol–water partition coefficient (Wildman–Crippen LogP) is 1.67. The second kappa shape index (κ2) is 12.5. The minimum atomic E-state index is 0. The first-order valence-corrected chi connectivity index (χ1v) is 8.76. The van der Waals surface area contributed by atoms with Crippen molar-refractivity contribution in [1.29, 1.82) is 0 Å². The van der Waals surface area contributed by atoms with Gasteiger partial charge >= 0.3 is 0 Å². The van der Waals surface area contributed by atoms with Crippen LogP contribution in [0.1, 0.15) is 24.8 Å². The number of hydrogen-bond donors (Lipinski definition) is 1. The molecule has 0 unspecified atom stereocenters. The molecule has 0 bridgehead atoms. The number of aromatic nitrogens is 2. The standard InChI is InChI=1S/C17H31N5O2.HI/c1-18-17(19-8-5-15-13-20-21(2)14-15)22-9-6-16(7-10-22)24-12-4-11-23-3;/h13-14,16H,4-12H2,1-3H3,(H,18,19);1H. The van der Waals surface area contributed by atoms with Crippen LogP contribution in [0, 0.1) is 0 Å². The first-order valence-electron chi connectivity index (χ1n) is 8.76. The van der Waals surface area contributed by atoms with Gasteiger partial charge in [-0.15, -0.1) is 24.0 Å². The van der Waals surface area contributed by atoms with Gasteiger partial charge in [-0.3, -0.25) is 9.67 Å². The van der Waals surface area contributed by atoms with Crippen molar-refractivity contribution in [3.8, 4) is 0 Å². The molecule has 2 rings (SSSR count). The number of hydrogen-bond acceptors (Lipinski definition) is 4. The molecule has 144 valence electrons. The van der Waals surface area contributed by atoms with E-state index in [1.807, 2.05) is 25.0 Å². The van der Waals surface area contributed by atoms with Crippen LogP contribution in [0.25, 0.3) is 0 Å². The van der Waals surface area contributed by atoms with Gasteiger partial charge in [-0.25, -0.2) is 0 Å². The Hall–Kier alpha value is -0.870. The highest BCUT2D eigenvalue weighted by Gasteiger charge is 2.21. The molecular formula is C17H32IN5O2. The first-order chi connectivity index (χ1) is 11.7. The van der Waals surface area contributed by atoms with Crippen LogP contribution in [0.5, 0.6) is 0 Å². The minimum absolute atomic E-state index is 0. The van der Waals surface area contributed by atoms with Gasteiger partial charge in [0.2, 0.25) is 0 Å². The second-order valence-electron chi connectivity index (χ2n) is 6.15. The molecule has 0 aromatic carbocycles. The molecule has 1 aromatic rings. The number of halogens is 1. The number of methoxy groups -OCH3 is 1. The average Bonchev–Trinajstić information content (AvgIpc) is 3.02. The highest BCUT2D eigenvalue weighted by Crippen LogP contribution is 2.14. The number of guanidine groups is 1. The van der Waals surface area contributed by atoms with Gasteiger partial charge in [0.25, 0.3) is 0 Å². The first kappa shape index (κ1) is 22.2. The Kier molecular flexibility index (Phi) is 11.1. The molecule has 2 heterocycles. The van der Waals surface area contributed by atoms with Gasteiger partial charge in [0.05, 0.1) is 12.3 Å². The zero-order valence-electron chi connectivity index (χ0n) is 15.6. The molecule has 8 heteroatoms. The number of likely N-dealkylation sites (tertiary alicyclic amines) is 1. The summed E-state index contributed by atoms with van der Waals surface area (Å²) in [7, 11) is 5.52. The number of piperidine rings is 1. The normalized spacial score (nSPS) is 16.0. The van der Waals surface area contributed by atoms with E-state index in [2.05, 4.69) is 26.5 Å². The monoisotopic (exact) mass is 465 g/mol. The van der Waals surface area contributed by atoms with Crippen LogP contribution in [0.3, 0.4) is 0 Å². The van der Waals surface area contributed by atoms with Crippen molar-refractivity contribution < 1.29 is 9.47 Å². The number of rotatable bonds is 8. The summed E-state index contributed by atoms with van der Waals surface area (Å²) in [5.74, 6) is 0.983. The largest absolute Gasteiger partial charge is 0.385 e.